The number of hydrogen-bond donors (Lipinski definition) is 3. The van der Waals surface area contributed by atoms with E-state index in [1.807, 2.05) is 32.0 Å². The van der Waals surface area contributed by atoms with E-state index >= 15 is 0 Å². The molecule has 0 unspecified atom stereocenters. The second kappa shape index (κ2) is 12.2. The maximum atomic E-state index is 12.4. The van der Waals surface area contributed by atoms with Crippen molar-refractivity contribution in [2.45, 2.75) is 18.2 Å². The van der Waals surface area contributed by atoms with Gasteiger partial charge in [-0.15, -0.1) is 0 Å². The van der Waals surface area contributed by atoms with Crippen molar-refractivity contribution in [2.24, 2.45) is 0 Å². The normalized spacial score (nSPS) is 11.3. The molecule has 168 valence electrons. The molecular weight excluding hydrogens is 418 g/mol. The standard InChI is InChI=1S/C20H29N7O3S/c1-4-22-19-16(14-21)15-23-20(26-19)25-17-6-8-18(9-7-17)31(28,29)24-10-5-12-30-13-11-27(2)3/h6-9,15,24H,4-5,10-13H2,1-3H3,(H2,22,23,25,26). The zero-order chi connectivity index (χ0) is 22.7. The molecule has 0 aliphatic rings. The number of nitriles is 1. The smallest absolute Gasteiger partial charge is 0.240 e. The van der Waals surface area contributed by atoms with Crippen molar-refractivity contribution in [1.29, 1.82) is 5.26 Å². The summed E-state index contributed by atoms with van der Waals surface area (Å²) in [7, 11) is 0.340. The summed E-state index contributed by atoms with van der Waals surface area (Å²) in [6.45, 7) is 4.77. The Bertz CT molecular complexity index is 973. The number of sulfonamides is 1. The van der Waals surface area contributed by atoms with E-state index < -0.39 is 10.0 Å². The third-order valence-corrected chi connectivity index (χ3v) is 5.59. The van der Waals surface area contributed by atoms with E-state index in [0.29, 0.717) is 55.7 Å². The third kappa shape index (κ3) is 8.10. The van der Waals surface area contributed by atoms with Gasteiger partial charge < -0.3 is 20.3 Å². The van der Waals surface area contributed by atoms with E-state index in [4.69, 9.17) is 10.00 Å². The number of aromatic nitrogens is 2. The lowest BCUT2D eigenvalue weighted by Gasteiger charge is -2.11. The number of nitrogens with one attached hydrogen (secondary N) is 3. The average molecular weight is 448 g/mol. The van der Waals surface area contributed by atoms with Crippen molar-refractivity contribution in [3.05, 3.63) is 36.0 Å². The van der Waals surface area contributed by atoms with E-state index in [9.17, 15) is 8.42 Å². The van der Waals surface area contributed by atoms with Gasteiger partial charge in [-0.3, -0.25) is 0 Å². The maximum absolute atomic E-state index is 12.4. The van der Waals surface area contributed by atoms with Gasteiger partial charge in [-0.1, -0.05) is 0 Å². The Morgan fingerprint density at radius 2 is 1.94 bits per heavy atom. The van der Waals surface area contributed by atoms with E-state index in [2.05, 4.69) is 25.3 Å². The largest absolute Gasteiger partial charge is 0.380 e. The van der Waals surface area contributed by atoms with E-state index in [1.165, 1.54) is 18.3 Å². The summed E-state index contributed by atoms with van der Waals surface area (Å²) in [5.41, 5.74) is 0.975. The van der Waals surface area contributed by atoms with Gasteiger partial charge in [0, 0.05) is 31.9 Å². The van der Waals surface area contributed by atoms with Crippen molar-refractivity contribution in [1.82, 2.24) is 19.6 Å². The highest BCUT2D eigenvalue weighted by Crippen LogP contribution is 2.19. The van der Waals surface area contributed by atoms with Gasteiger partial charge in [-0.05, 0) is 51.7 Å². The van der Waals surface area contributed by atoms with Crippen molar-refractivity contribution in [3.63, 3.8) is 0 Å². The SMILES string of the molecule is CCNc1nc(Nc2ccc(S(=O)(=O)NCCCOCCN(C)C)cc2)ncc1C#N. The van der Waals surface area contributed by atoms with Crippen molar-refractivity contribution in [3.8, 4) is 6.07 Å². The molecule has 0 amide bonds. The van der Waals surface area contributed by atoms with Crippen molar-refractivity contribution < 1.29 is 13.2 Å². The second-order valence-electron chi connectivity index (χ2n) is 6.91. The number of anilines is 3. The van der Waals surface area contributed by atoms with Crippen LogP contribution in [-0.2, 0) is 14.8 Å². The molecule has 10 nitrogen and oxygen atoms in total. The topological polar surface area (TPSA) is 132 Å². The Morgan fingerprint density at radius 3 is 2.58 bits per heavy atom. The molecule has 0 aliphatic heterocycles. The second-order valence-corrected chi connectivity index (χ2v) is 8.68. The van der Waals surface area contributed by atoms with Crippen LogP contribution < -0.4 is 15.4 Å². The number of ether oxygens (including phenoxy) is 1. The monoisotopic (exact) mass is 447 g/mol. The molecule has 3 N–H and O–H groups in total. The summed E-state index contributed by atoms with van der Waals surface area (Å²) in [5, 5.41) is 15.1. The lowest BCUT2D eigenvalue weighted by Crippen LogP contribution is -2.26. The fourth-order valence-electron chi connectivity index (χ4n) is 2.49. The van der Waals surface area contributed by atoms with Crippen LogP contribution in [0.5, 0.6) is 0 Å². The van der Waals surface area contributed by atoms with Gasteiger partial charge in [0.1, 0.15) is 17.5 Å². The number of rotatable bonds is 13. The highest BCUT2D eigenvalue weighted by molar-refractivity contribution is 7.89. The zero-order valence-corrected chi connectivity index (χ0v) is 18.9. The molecule has 0 radical (unpaired) electrons. The van der Waals surface area contributed by atoms with Crippen LogP contribution >= 0.6 is 0 Å². The molecule has 1 heterocycles. The van der Waals surface area contributed by atoms with Crippen LogP contribution in [0.2, 0.25) is 0 Å². The quantitative estimate of drug-likeness (QED) is 0.393. The Kier molecular flexibility index (Phi) is 9.61. The van der Waals surface area contributed by atoms with Gasteiger partial charge in [0.05, 0.1) is 17.7 Å². The molecular formula is C20H29N7O3S. The molecule has 0 saturated carbocycles. The minimum Gasteiger partial charge on any atom is -0.380 e. The fourth-order valence-corrected chi connectivity index (χ4v) is 3.56. The number of hydrogen-bond acceptors (Lipinski definition) is 9. The average Bonchev–Trinajstić information content (AvgIpc) is 2.74. The van der Waals surface area contributed by atoms with Crippen LogP contribution in [0, 0.1) is 11.3 Å². The lowest BCUT2D eigenvalue weighted by atomic mass is 10.3. The van der Waals surface area contributed by atoms with Crippen LogP contribution in [0.15, 0.2) is 35.4 Å². The molecule has 2 aromatic rings. The first-order valence-corrected chi connectivity index (χ1v) is 11.4. The Morgan fingerprint density at radius 1 is 1.19 bits per heavy atom. The summed E-state index contributed by atoms with van der Waals surface area (Å²) in [6.07, 6.45) is 2.02. The van der Waals surface area contributed by atoms with Crippen molar-refractivity contribution in [2.75, 3.05) is 57.6 Å². The molecule has 0 saturated heterocycles. The van der Waals surface area contributed by atoms with Gasteiger partial charge in [0.15, 0.2) is 0 Å². The van der Waals surface area contributed by atoms with Crippen LogP contribution in [0.1, 0.15) is 18.9 Å². The predicted octanol–water partition coefficient (Wildman–Crippen LogP) is 1.77. The summed E-state index contributed by atoms with van der Waals surface area (Å²) in [6, 6.07) is 8.31. The molecule has 0 aliphatic carbocycles. The van der Waals surface area contributed by atoms with Crippen LogP contribution in [0.25, 0.3) is 0 Å². The van der Waals surface area contributed by atoms with Crippen LogP contribution in [0.3, 0.4) is 0 Å². The van der Waals surface area contributed by atoms with E-state index in [1.54, 1.807) is 12.1 Å². The summed E-state index contributed by atoms with van der Waals surface area (Å²) >= 11 is 0. The number of likely N-dealkylation sites (N-methyl/N-ethyl adjacent to an activating group) is 1. The molecule has 0 spiro atoms. The van der Waals surface area contributed by atoms with E-state index in [0.717, 1.165) is 6.54 Å². The zero-order valence-electron chi connectivity index (χ0n) is 18.1. The molecule has 2 rings (SSSR count). The molecule has 0 fully saturated rings. The van der Waals surface area contributed by atoms with Gasteiger partial charge in [0.25, 0.3) is 0 Å². The van der Waals surface area contributed by atoms with Crippen LogP contribution in [0.4, 0.5) is 17.5 Å². The predicted molar refractivity (Wildman–Crippen MR) is 120 cm³/mol. The van der Waals surface area contributed by atoms with Crippen molar-refractivity contribution >= 4 is 27.5 Å². The summed E-state index contributed by atoms with van der Waals surface area (Å²) in [4.78, 5) is 10.6. The van der Waals surface area contributed by atoms with Gasteiger partial charge in [-0.2, -0.15) is 10.2 Å². The molecule has 1 aromatic carbocycles. The highest BCUT2D eigenvalue weighted by atomic mass is 32.2. The third-order valence-electron chi connectivity index (χ3n) is 4.11. The molecule has 1 aromatic heterocycles. The minimum atomic E-state index is -3.60. The molecule has 0 atom stereocenters. The summed E-state index contributed by atoms with van der Waals surface area (Å²) in [5.74, 6) is 0.745. The van der Waals surface area contributed by atoms with Crippen LogP contribution in [-0.4, -0.2) is 70.2 Å². The Balaban J connectivity index is 1.89. The molecule has 11 heteroatoms. The highest BCUT2D eigenvalue weighted by Gasteiger charge is 2.13. The van der Waals surface area contributed by atoms with Gasteiger partial charge in [-0.25, -0.2) is 18.1 Å². The summed E-state index contributed by atoms with van der Waals surface area (Å²) < 4.78 is 32.9. The van der Waals surface area contributed by atoms with Gasteiger partial charge in [0.2, 0.25) is 16.0 Å². The number of nitrogens with zero attached hydrogens (tertiary/aromatic N) is 4. The first-order chi connectivity index (χ1) is 14.9. The van der Waals surface area contributed by atoms with Gasteiger partial charge >= 0.3 is 0 Å². The maximum Gasteiger partial charge on any atom is 0.240 e. The molecule has 0 bridgehead atoms. The first-order valence-electron chi connectivity index (χ1n) is 9.96. The van der Waals surface area contributed by atoms with E-state index in [-0.39, 0.29) is 4.90 Å². The Hall–Kier alpha value is -2.78. The Labute approximate surface area is 183 Å². The lowest BCUT2D eigenvalue weighted by molar-refractivity contribution is 0.116. The molecule has 31 heavy (non-hydrogen) atoms. The minimum absolute atomic E-state index is 0.167. The number of benzene rings is 1. The fraction of sp³-hybridized carbons (Fsp3) is 0.450. The first kappa shape index (κ1) is 24.5.